The number of rotatable bonds is 2. The molecule has 3 unspecified atom stereocenters. The molecule has 2 heteroatoms. The predicted octanol–water partition coefficient (Wildman–Crippen LogP) is 3.30. The van der Waals surface area contributed by atoms with Crippen LogP contribution in [0.5, 0.6) is 0 Å². The predicted molar refractivity (Wildman–Crippen MR) is 61.9 cm³/mol. The summed E-state index contributed by atoms with van der Waals surface area (Å²) >= 11 is 0. The average Bonchev–Trinajstić information content (AvgIpc) is 2.92. The van der Waals surface area contributed by atoms with E-state index in [9.17, 15) is 4.79 Å². The van der Waals surface area contributed by atoms with Crippen LogP contribution in [0.15, 0.2) is 0 Å². The molecule has 3 aliphatic rings. The molecule has 0 spiro atoms. The van der Waals surface area contributed by atoms with Gasteiger partial charge in [-0.05, 0) is 56.8 Å². The molecular weight excluding hydrogens is 200 g/mol. The van der Waals surface area contributed by atoms with Gasteiger partial charge in [-0.3, -0.25) is 4.79 Å². The first-order valence-corrected chi connectivity index (χ1v) is 7.03. The highest BCUT2D eigenvalue weighted by Gasteiger charge is 2.44. The molecule has 0 aromatic rings. The van der Waals surface area contributed by atoms with E-state index < -0.39 is 0 Å². The van der Waals surface area contributed by atoms with Crippen molar-refractivity contribution >= 4 is 5.97 Å². The van der Waals surface area contributed by atoms with Crippen molar-refractivity contribution in [1.82, 2.24) is 0 Å². The quantitative estimate of drug-likeness (QED) is 0.670. The normalized spacial score (nSPS) is 38.9. The van der Waals surface area contributed by atoms with Crippen molar-refractivity contribution in [3.63, 3.8) is 0 Å². The Hall–Kier alpha value is -0.530. The zero-order valence-electron chi connectivity index (χ0n) is 9.99. The van der Waals surface area contributed by atoms with E-state index in [0.717, 1.165) is 25.2 Å². The molecule has 3 rings (SSSR count). The molecule has 2 bridgehead atoms. The summed E-state index contributed by atoms with van der Waals surface area (Å²) in [5.41, 5.74) is 0. The molecule has 0 heterocycles. The Bertz CT molecular complexity index is 268. The summed E-state index contributed by atoms with van der Waals surface area (Å²) < 4.78 is 5.69. The molecule has 3 aliphatic carbocycles. The molecule has 90 valence electrons. The lowest BCUT2D eigenvalue weighted by molar-refractivity contribution is -0.157. The summed E-state index contributed by atoms with van der Waals surface area (Å²) in [7, 11) is 0. The molecule has 0 aliphatic heterocycles. The maximum Gasteiger partial charge on any atom is 0.309 e. The topological polar surface area (TPSA) is 26.3 Å². The number of carbonyl (C=O) groups is 1. The smallest absolute Gasteiger partial charge is 0.309 e. The SMILES string of the molecule is O=C(OC1CCCCC1)C1CC2CCC1C2. The number of hydrogen-bond donors (Lipinski definition) is 0. The zero-order chi connectivity index (χ0) is 11.0. The van der Waals surface area contributed by atoms with Crippen LogP contribution in [0.2, 0.25) is 0 Å². The molecule has 3 atom stereocenters. The fourth-order valence-corrected chi connectivity index (χ4v) is 3.97. The van der Waals surface area contributed by atoms with Crippen molar-refractivity contribution in [3.05, 3.63) is 0 Å². The third kappa shape index (κ3) is 1.99. The van der Waals surface area contributed by atoms with Gasteiger partial charge in [0.2, 0.25) is 0 Å². The van der Waals surface area contributed by atoms with Gasteiger partial charge in [0, 0.05) is 0 Å². The molecular formula is C14H22O2. The number of carbonyl (C=O) groups excluding carboxylic acids is 1. The molecule has 0 aromatic heterocycles. The van der Waals surface area contributed by atoms with E-state index in [4.69, 9.17) is 4.74 Å². The number of hydrogen-bond acceptors (Lipinski definition) is 2. The van der Waals surface area contributed by atoms with Crippen LogP contribution in [0, 0.1) is 17.8 Å². The molecule has 0 saturated heterocycles. The van der Waals surface area contributed by atoms with Gasteiger partial charge in [-0.1, -0.05) is 12.8 Å². The Morgan fingerprint density at radius 2 is 1.75 bits per heavy atom. The van der Waals surface area contributed by atoms with Crippen LogP contribution in [0.3, 0.4) is 0 Å². The molecule has 2 nitrogen and oxygen atoms in total. The van der Waals surface area contributed by atoms with Crippen LogP contribution in [-0.4, -0.2) is 12.1 Å². The average molecular weight is 222 g/mol. The van der Waals surface area contributed by atoms with E-state index in [-0.39, 0.29) is 18.0 Å². The summed E-state index contributed by atoms with van der Waals surface area (Å²) in [4.78, 5) is 12.1. The highest BCUT2D eigenvalue weighted by Crippen LogP contribution is 2.48. The van der Waals surface area contributed by atoms with Crippen LogP contribution in [0.1, 0.15) is 57.8 Å². The van der Waals surface area contributed by atoms with E-state index in [0.29, 0.717) is 5.92 Å². The second kappa shape index (κ2) is 4.38. The Morgan fingerprint density at radius 3 is 2.38 bits per heavy atom. The van der Waals surface area contributed by atoms with Gasteiger partial charge in [-0.2, -0.15) is 0 Å². The Morgan fingerprint density at radius 1 is 0.938 bits per heavy atom. The van der Waals surface area contributed by atoms with Gasteiger partial charge in [0.25, 0.3) is 0 Å². The minimum atomic E-state index is 0.138. The second-order valence-corrected chi connectivity index (χ2v) is 5.98. The summed E-state index contributed by atoms with van der Waals surface area (Å²) in [6, 6.07) is 0. The zero-order valence-corrected chi connectivity index (χ0v) is 9.99. The highest BCUT2D eigenvalue weighted by atomic mass is 16.5. The van der Waals surface area contributed by atoms with Gasteiger partial charge in [-0.15, -0.1) is 0 Å². The van der Waals surface area contributed by atoms with E-state index in [1.54, 1.807) is 0 Å². The lowest BCUT2D eigenvalue weighted by Gasteiger charge is -2.26. The monoisotopic (exact) mass is 222 g/mol. The third-order valence-corrected chi connectivity index (χ3v) is 4.88. The first-order chi connectivity index (χ1) is 7.83. The molecule has 16 heavy (non-hydrogen) atoms. The fraction of sp³-hybridized carbons (Fsp3) is 0.929. The van der Waals surface area contributed by atoms with E-state index in [1.165, 1.54) is 38.5 Å². The van der Waals surface area contributed by atoms with Gasteiger partial charge in [0.1, 0.15) is 6.10 Å². The molecule has 0 amide bonds. The maximum atomic E-state index is 12.1. The van der Waals surface area contributed by atoms with Gasteiger partial charge < -0.3 is 4.74 Å². The lowest BCUT2D eigenvalue weighted by Crippen LogP contribution is -2.28. The summed E-state index contributed by atoms with van der Waals surface area (Å²) in [5.74, 6) is 1.91. The van der Waals surface area contributed by atoms with Crippen molar-refractivity contribution in [2.45, 2.75) is 63.9 Å². The first kappa shape index (κ1) is 10.6. The van der Waals surface area contributed by atoms with Crippen LogP contribution in [-0.2, 0) is 9.53 Å². The Labute approximate surface area is 97.7 Å². The summed E-state index contributed by atoms with van der Waals surface area (Å²) in [5, 5.41) is 0. The van der Waals surface area contributed by atoms with E-state index >= 15 is 0 Å². The first-order valence-electron chi connectivity index (χ1n) is 7.03. The molecule has 0 N–H and O–H groups in total. The minimum Gasteiger partial charge on any atom is -0.462 e. The Kier molecular flexibility index (Phi) is 2.91. The van der Waals surface area contributed by atoms with Crippen molar-refractivity contribution in [3.8, 4) is 0 Å². The van der Waals surface area contributed by atoms with Gasteiger partial charge in [0.15, 0.2) is 0 Å². The van der Waals surface area contributed by atoms with Crippen LogP contribution in [0.25, 0.3) is 0 Å². The van der Waals surface area contributed by atoms with Gasteiger partial charge in [-0.25, -0.2) is 0 Å². The number of esters is 1. The van der Waals surface area contributed by atoms with Crippen LogP contribution in [0.4, 0.5) is 0 Å². The van der Waals surface area contributed by atoms with Crippen molar-refractivity contribution in [2.24, 2.45) is 17.8 Å². The van der Waals surface area contributed by atoms with Gasteiger partial charge in [0.05, 0.1) is 5.92 Å². The highest BCUT2D eigenvalue weighted by molar-refractivity contribution is 5.73. The van der Waals surface area contributed by atoms with E-state index in [1.807, 2.05) is 0 Å². The third-order valence-electron chi connectivity index (χ3n) is 4.88. The number of ether oxygens (including phenoxy) is 1. The summed E-state index contributed by atoms with van der Waals surface area (Å²) in [6.07, 6.45) is 11.3. The van der Waals surface area contributed by atoms with Crippen molar-refractivity contribution in [2.75, 3.05) is 0 Å². The largest absolute Gasteiger partial charge is 0.462 e. The van der Waals surface area contributed by atoms with Crippen LogP contribution >= 0.6 is 0 Å². The Balaban J connectivity index is 1.53. The maximum absolute atomic E-state index is 12.1. The standard InChI is InChI=1S/C14H22O2/c15-14(16-12-4-2-1-3-5-12)13-9-10-6-7-11(13)8-10/h10-13H,1-9H2. The van der Waals surface area contributed by atoms with Crippen molar-refractivity contribution < 1.29 is 9.53 Å². The molecule has 0 radical (unpaired) electrons. The lowest BCUT2D eigenvalue weighted by atomic mass is 9.89. The van der Waals surface area contributed by atoms with E-state index in [2.05, 4.69) is 0 Å². The molecule has 0 aromatic carbocycles. The molecule has 3 fully saturated rings. The minimum absolute atomic E-state index is 0.138. The van der Waals surface area contributed by atoms with Crippen molar-refractivity contribution in [1.29, 1.82) is 0 Å². The van der Waals surface area contributed by atoms with Crippen LogP contribution < -0.4 is 0 Å². The fourth-order valence-electron chi connectivity index (χ4n) is 3.97. The van der Waals surface area contributed by atoms with Gasteiger partial charge >= 0.3 is 5.97 Å². The summed E-state index contributed by atoms with van der Waals surface area (Å²) in [6.45, 7) is 0. The molecule has 3 saturated carbocycles. The number of fused-ring (bicyclic) bond motifs is 2. The second-order valence-electron chi connectivity index (χ2n) is 5.98.